The molecular weight excluding hydrogens is 298 g/mol. The van der Waals surface area contributed by atoms with Crippen molar-refractivity contribution >= 4 is 11.5 Å². The van der Waals surface area contributed by atoms with E-state index in [0.717, 1.165) is 12.8 Å². The molecule has 1 N–H and O–H groups in total. The van der Waals surface area contributed by atoms with Crippen molar-refractivity contribution in [2.45, 2.75) is 123 Å². The third-order valence-corrected chi connectivity index (χ3v) is 4.68. The van der Waals surface area contributed by atoms with Gasteiger partial charge in [-0.15, -0.1) is 0 Å². The summed E-state index contributed by atoms with van der Waals surface area (Å²) in [5, 5.41) is 11.6. The monoisotopic (exact) mass is 339 g/mol. The van der Waals surface area contributed by atoms with E-state index in [-0.39, 0.29) is 5.78 Å². The van der Waals surface area contributed by atoms with Crippen LogP contribution in [0.2, 0.25) is 0 Å². The van der Waals surface area contributed by atoms with Gasteiger partial charge in [-0.3, -0.25) is 4.79 Å². The standard InChI is InChI=1S/C21H41NO2/c1-3-4-5-6-7-8-9-10-11-12-13-14-15-16-17-18-21(23)19-20(2)22-24/h24H,3-19H2,1-2H3. The van der Waals surface area contributed by atoms with Gasteiger partial charge in [0.05, 0.1) is 5.71 Å². The zero-order valence-corrected chi connectivity index (χ0v) is 16.3. The van der Waals surface area contributed by atoms with Crippen LogP contribution in [0.25, 0.3) is 0 Å². The van der Waals surface area contributed by atoms with E-state index in [1.165, 1.54) is 83.5 Å². The molecule has 0 saturated heterocycles. The summed E-state index contributed by atoms with van der Waals surface area (Å²) in [6, 6.07) is 0. The van der Waals surface area contributed by atoms with Crippen LogP contribution < -0.4 is 0 Å². The normalized spacial score (nSPS) is 11.8. The highest BCUT2D eigenvalue weighted by Gasteiger charge is 2.04. The van der Waals surface area contributed by atoms with Crippen molar-refractivity contribution in [3.63, 3.8) is 0 Å². The maximum atomic E-state index is 11.6. The Hall–Kier alpha value is -0.860. The summed E-state index contributed by atoms with van der Waals surface area (Å²) >= 11 is 0. The fraction of sp³-hybridized carbons (Fsp3) is 0.905. The van der Waals surface area contributed by atoms with E-state index in [2.05, 4.69) is 12.1 Å². The van der Waals surface area contributed by atoms with Gasteiger partial charge in [0.2, 0.25) is 0 Å². The van der Waals surface area contributed by atoms with E-state index in [1.807, 2.05) is 0 Å². The van der Waals surface area contributed by atoms with Gasteiger partial charge in [0, 0.05) is 12.8 Å². The summed E-state index contributed by atoms with van der Waals surface area (Å²) in [5.74, 6) is 0.194. The SMILES string of the molecule is CCCCCCCCCCCCCCCCCC(=O)CC(C)=NO. The van der Waals surface area contributed by atoms with Crippen LogP contribution in [0, 0.1) is 0 Å². The molecule has 0 rings (SSSR count). The van der Waals surface area contributed by atoms with Crippen molar-refractivity contribution in [1.82, 2.24) is 0 Å². The van der Waals surface area contributed by atoms with Gasteiger partial charge in [-0.2, -0.15) is 0 Å². The molecule has 3 heteroatoms. The molecule has 0 aromatic rings. The fourth-order valence-corrected chi connectivity index (χ4v) is 3.10. The molecule has 0 saturated carbocycles. The van der Waals surface area contributed by atoms with Crippen molar-refractivity contribution in [3.8, 4) is 0 Å². The van der Waals surface area contributed by atoms with Crippen LogP contribution in [0.3, 0.4) is 0 Å². The van der Waals surface area contributed by atoms with Gasteiger partial charge in [0.1, 0.15) is 5.78 Å². The first-order valence-corrected chi connectivity index (χ1v) is 10.4. The molecule has 0 aromatic heterocycles. The maximum Gasteiger partial charge on any atom is 0.138 e. The largest absolute Gasteiger partial charge is 0.411 e. The highest BCUT2D eigenvalue weighted by Crippen LogP contribution is 2.13. The lowest BCUT2D eigenvalue weighted by Gasteiger charge is -2.03. The Bertz CT molecular complexity index is 313. The molecule has 0 aromatic carbocycles. The predicted octanol–water partition coefficient (Wildman–Crippen LogP) is 7.06. The number of hydrogen-bond acceptors (Lipinski definition) is 3. The number of nitrogens with zero attached hydrogens (tertiary/aromatic N) is 1. The Balaban J connectivity index is 3.14. The van der Waals surface area contributed by atoms with Crippen LogP contribution in [0.1, 0.15) is 123 Å². The molecule has 24 heavy (non-hydrogen) atoms. The molecule has 0 aliphatic rings. The Morgan fingerprint density at radius 3 is 1.46 bits per heavy atom. The Kier molecular flexibility index (Phi) is 17.8. The molecule has 0 spiro atoms. The topological polar surface area (TPSA) is 49.7 Å². The minimum absolute atomic E-state index is 0.194. The van der Waals surface area contributed by atoms with E-state index in [1.54, 1.807) is 6.92 Å². The fourth-order valence-electron chi connectivity index (χ4n) is 3.10. The molecular formula is C21H41NO2. The molecule has 0 aliphatic heterocycles. The molecule has 0 unspecified atom stereocenters. The maximum absolute atomic E-state index is 11.6. The summed E-state index contributed by atoms with van der Waals surface area (Å²) in [6.45, 7) is 3.96. The van der Waals surface area contributed by atoms with Crippen molar-refractivity contribution in [2.24, 2.45) is 5.16 Å². The van der Waals surface area contributed by atoms with Crippen LogP contribution in [0.5, 0.6) is 0 Å². The van der Waals surface area contributed by atoms with Gasteiger partial charge in [-0.1, -0.05) is 102 Å². The molecule has 3 nitrogen and oxygen atoms in total. The van der Waals surface area contributed by atoms with Crippen molar-refractivity contribution < 1.29 is 10.0 Å². The van der Waals surface area contributed by atoms with Crippen LogP contribution in [-0.2, 0) is 4.79 Å². The van der Waals surface area contributed by atoms with Crippen LogP contribution in [0.15, 0.2) is 5.16 Å². The highest BCUT2D eigenvalue weighted by atomic mass is 16.4. The summed E-state index contributed by atoms with van der Waals surface area (Å²) < 4.78 is 0. The Labute approximate surface area is 150 Å². The third kappa shape index (κ3) is 17.5. The van der Waals surface area contributed by atoms with E-state index in [0.29, 0.717) is 18.6 Å². The minimum atomic E-state index is 0.194. The van der Waals surface area contributed by atoms with E-state index in [4.69, 9.17) is 5.21 Å². The average Bonchev–Trinajstić information content (AvgIpc) is 2.58. The first kappa shape index (κ1) is 23.1. The minimum Gasteiger partial charge on any atom is -0.411 e. The Morgan fingerprint density at radius 2 is 1.08 bits per heavy atom. The Morgan fingerprint density at radius 1 is 0.708 bits per heavy atom. The second-order valence-corrected chi connectivity index (χ2v) is 7.25. The van der Waals surface area contributed by atoms with Gasteiger partial charge in [-0.25, -0.2) is 0 Å². The van der Waals surface area contributed by atoms with Crippen LogP contribution >= 0.6 is 0 Å². The van der Waals surface area contributed by atoms with Gasteiger partial charge < -0.3 is 5.21 Å². The second-order valence-electron chi connectivity index (χ2n) is 7.25. The zero-order chi connectivity index (χ0) is 17.9. The lowest BCUT2D eigenvalue weighted by atomic mass is 10.0. The van der Waals surface area contributed by atoms with Gasteiger partial charge in [0.15, 0.2) is 0 Å². The first-order chi connectivity index (χ1) is 11.7. The first-order valence-electron chi connectivity index (χ1n) is 10.4. The van der Waals surface area contributed by atoms with Crippen LogP contribution in [0.4, 0.5) is 0 Å². The zero-order valence-electron chi connectivity index (χ0n) is 16.3. The van der Waals surface area contributed by atoms with Crippen molar-refractivity contribution in [3.05, 3.63) is 0 Å². The summed E-state index contributed by atoms with van der Waals surface area (Å²) in [7, 11) is 0. The molecule has 0 amide bonds. The van der Waals surface area contributed by atoms with Crippen molar-refractivity contribution in [1.29, 1.82) is 0 Å². The van der Waals surface area contributed by atoms with E-state index >= 15 is 0 Å². The number of rotatable bonds is 18. The highest BCUT2D eigenvalue weighted by molar-refractivity contribution is 6.00. The van der Waals surface area contributed by atoms with Crippen molar-refractivity contribution in [2.75, 3.05) is 0 Å². The average molecular weight is 340 g/mol. The number of ketones is 1. The predicted molar refractivity (Wildman–Crippen MR) is 104 cm³/mol. The molecule has 142 valence electrons. The number of carbonyl (C=O) groups is 1. The number of oxime groups is 1. The van der Waals surface area contributed by atoms with Gasteiger partial charge in [0.25, 0.3) is 0 Å². The number of Topliss-reactive ketones (excluding diaryl/α,β-unsaturated/α-hetero) is 1. The molecule has 0 fully saturated rings. The van der Waals surface area contributed by atoms with Gasteiger partial charge >= 0.3 is 0 Å². The molecule has 0 atom stereocenters. The lowest BCUT2D eigenvalue weighted by Crippen LogP contribution is -2.04. The lowest BCUT2D eigenvalue weighted by molar-refractivity contribution is -0.118. The van der Waals surface area contributed by atoms with Crippen LogP contribution in [-0.4, -0.2) is 16.7 Å². The summed E-state index contributed by atoms with van der Waals surface area (Å²) in [5.41, 5.74) is 0.515. The third-order valence-electron chi connectivity index (χ3n) is 4.68. The number of hydrogen-bond donors (Lipinski definition) is 1. The van der Waals surface area contributed by atoms with Gasteiger partial charge in [-0.05, 0) is 13.3 Å². The smallest absolute Gasteiger partial charge is 0.138 e. The molecule has 0 aliphatic carbocycles. The molecule has 0 radical (unpaired) electrons. The number of carbonyl (C=O) groups excluding carboxylic acids is 1. The number of unbranched alkanes of at least 4 members (excludes halogenated alkanes) is 14. The quantitative estimate of drug-likeness (QED) is 0.126. The summed E-state index contributed by atoms with van der Waals surface area (Å²) in [4.78, 5) is 11.6. The van der Waals surface area contributed by atoms with E-state index in [9.17, 15) is 4.79 Å². The second kappa shape index (κ2) is 18.5. The molecule has 0 bridgehead atoms. The molecule has 0 heterocycles. The van der Waals surface area contributed by atoms with E-state index < -0.39 is 0 Å². The summed E-state index contributed by atoms with van der Waals surface area (Å²) in [6.07, 6.45) is 21.0.